The lowest BCUT2D eigenvalue weighted by atomic mass is 9.91. The lowest BCUT2D eigenvalue weighted by Crippen LogP contribution is -2.11. The lowest BCUT2D eigenvalue weighted by molar-refractivity contribution is -0.138. The van der Waals surface area contributed by atoms with E-state index in [9.17, 15) is 9.70 Å². The third kappa shape index (κ3) is 7.43. The van der Waals surface area contributed by atoms with Gasteiger partial charge in [-0.15, -0.1) is 0 Å². The first-order chi connectivity index (χ1) is 6.06. The number of nitroso groups, excluding NO2 is 1. The van der Waals surface area contributed by atoms with E-state index in [1.165, 1.54) is 0 Å². The van der Waals surface area contributed by atoms with Crippen LogP contribution in [0.3, 0.4) is 0 Å². The smallest absolute Gasteiger partial charge is 0.303 e. The molecule has 0 aliphatic heterocycles. The summed E-state index contributed by atoms with van der Waals surface area (Å²) in [5.74, 6) is -0.234. The van der Waals surface area contributed by atoms with Crippen molar-refractivity contribution in [2.45, 2.75) is 33.1 Å². The van der Waals surface area contributed by atoms with E-state index in [1.807, 2.05) is 13.8 Å². The van der Waals surface area contributed by atoms with E-state index in [-0.39, 0.29) is 18.9 Å². The Morgan fingerprint density at radius 1 is 1.46 bits per heavy atom. The Bertz CT molecular complexity index is 168. The third-order valence-electron chi connectivity index (χ3n) is 1.90. The minimum atomic E-state index is -0.795. The molecule has 0 aromatic heterocycles. The van der Waals surface area contributed by atoms with Crippen molar-refractivity contribution in [2.75, 3.05) is 6.54 Å². The second-order valence-corrected chi connectivity index (χ2v) is 3.73. The molecule has 0 rings (SSSR count). The Kier molecular flexibility index (Phi) is 6.10. The highest BCUT2D eigenvalue weighted by Crippen LogP contribution is 2.19. The Balaban J connectivity index is 3.86. The highest BCUT2D eigenvalue weighted by atomic mass is 16.4. The lowest BCUT2D eigenvalue weighted by Gasteiger charge is -2.14. The first-order valence-corrected chi connectivity index (χ1v) is 4.57. The topological polar surface area (TPSA) is 66.7 Å². The molecule has 0 saturated heterocycles. The molecule has 1 atom stereocenters. The summed E-state index contributed by atoms with van der Waals surface area (Å²) < 4.78 is 0. The second-order valence-electron chi connectivity index (χ2n) is 3.73. The van der Waals surface area contributed by atoms with Gasteiger partial charge < -0.3 is 5.11 Å². The van der Waals surface area contributed by atoms with Crippen LogP contribution >= 0.6 is 0 Å². The molecule has 0 amide bonds. The van der Waals surface area contributed by atoms with Crippen LogP contribution in [0.25, 0.3) is 0 Å². The predicted molar refractivity (Wildman–Crippen MR) is 50.5 cm³/mol. The number of carboxylic acid groups (broad SMARTS) is 1. The van der Waals surface area contributed by atoms with Gasteiger partial charge in [0.25, 0.3) is 0 Å². The molecule has 13 heavy (non-hydrogen) atoms. The van der Waals surface area contributed by atoms with Crippen LogP contribution < -0.4 is 0 Å². The van der Waals surface area contributed by atoms with Crippen LogP contribution in [0, 0.1) is 16.7 Å². The van der Waals surface area contributed by atoms with Crippen molar-refractivity contribution in [3.05, 3.63) is 4.91 Å². The maximum absolute atomic E-state index is 10.4. The Hall–Kier alpha value is -0.930. The van der Waals surface area contributed by atoms with E-state index in [0.29, 0.717) is 12.3 Å². The van der Waals surface area contributed by atoms with Gasteiger partial charge in [-0.2, -0.15) is 4.91 Å². The first-order valence-electron chi connectivity index (χ1n) is 4.57. The fourth-order valence-corrected chi connectivity index (χ4v) is 1.45. The summed E-state index contributed by atoms with van der Waals surface area (Å²) >= 11 is 0. The SMILES string of the molecule is CC(C)CC(CCN=O)CC(=O)O. The largest absolute Gasteiger partial charge is 0.481 e. The third-order valence-corrected chi connectivity index (χ3v) is 1.90. The van der Waals surface area contributed by atoms with E-state index >= 15 is 0 Å². The zero-order chi connectivity index (χ0) is 10.3. The standard InChI is InChI=1S/C9H17NO3/c1-7(2)5-8(3-4-10-13)6-9(11)12/h7-8H,3-6H2,1-2H3,(H,11,12). The van der Waals surface area contributed by atoms with Crippen molar-refractivity contribution in [2.24, 2.45) is 17.0 Å². The van der Waals surface area contributed by atoms with Crippen molar-refractivity contribution in [3.63, 3.8) is 0 Å². The highest BCUT2D eigenvalue weighted by Gasteiger charge is 2.14. The Labute approximate surface area is 78.3 Å². The Morgan fingerprint density at radius 2 is 2.08 bits per heavy atom. The van der Waals surface area contributed by atoms with Gasteiger partial charge >= 0.3 is 5.97 Å². The van der Waals surface area contributed by atoms with Gasteiger partial charge in [-0.25, -0.2) is 0 Å². The minimum absolute atomic E-state index is 0.0928. The molecule has 0 radical (unpaired) electrons. The molecule has 0 aliphatic carbocycles. The molecule has 0 heterocycles. The molecule has 0 saturated carbocycles. The van der Waals surface area contributed by atoms with Crippen LogP contribution in [0.4, 0.5) is 0 Å². The minimum Gasteiger partial charge on any atom is -0.481 e. The second kappa shape index (κ2) is 6.57. The van der Waals surface area contributed by atoms with E-state index in [0.717, 1.165) is 6.42 Å². The summed E-state index contributed by atoms with van der Waals surface area (Å²) in [6, 6.07) is 0. The maximum atomic E-state index is 10.4. The van der Waals surface area contributed by atoms with Gasteiger partial charge in [-0.05, 0) is 24.7 Å². The zero-order valence-electron chi connectivity index (χ0n) is 8.19. The van der Waals surface area contributed by atoms with Crippen molar-refractivity contribution >= 4 is 5.97 Å². The average Bonchev–Trinajstić information content (AvgIpc) is 1.98. The molecular weight excluding hydrogens is 170 g/mol. The maximum Gasteiger partial charge on any atom is 0.303 e. The van der Waals surface area contributed by atoms with E-state index < -0.39 is 5.97 Å². The highest BCUT2D eigenvalue weighted by molar-refractivity contribution is 5.66. The fourth-order valence-electron chi connectivity index (χ4n) is 1.45. The molecule has 76 valence electrons. The molecule has 0 spiro atoms. The number of carbonyl (C=O) groups is 1. The predicted octanol–water partition coefficient (Wildman–Crippen LogP) is 2.28. The number of aliphatic carboxylic acids is 1. The average molecular weight is 187 g/mol. The number of carboxylic acids is 1. The summed E-state index contributed by atoms with van der Waals surface area (Å²) in [7, 11) is 0. The van der Waals surface area contributed by atoms with Gasteiger partial charge in [0.1, 0.15) is 0 Å². The first kappa shape index (κ1) is 12.1. The van der Waals surface area contributed by atoms with Crippen molar-refractivity contribution in [1.82, 2.24) is 0 Å². The van der Waals surface area contributed by atoms with Crippen LogP contribution in [-0.4, -0.2) is 17.6 Å². The summed E-state index contributed by atoms with van der Waals surface area (Å²) in [5, 5.41) is 11.3. The van der Waals surface area contributed by atoms with Crippen molar-refractivity contribution < 1.29 is 9.90 Å². The van der Waals surface area contributed by atoms with Gasteiger partial charge in [0.2, 0.25) is 0 Å². The molecule has 1 N–H and O–H groups in total. The van der Waals surface area contributed by atoms with E-state index in [1.54, 1.807) is 0 Å². The van der Waals surface area contributed by atoms with Crippen LogP contribution in [0.5, 0.6) is 0 Å². The van der Waals surface area contributed by atoms with Gasteiger partial charge in [0, 0.05) is 6.42 Å². The number of rotatable bonds is 7. The molecule has 0 aromatic rings. The molecule has 0 aliphatic rings. The van der Waals surface area contributed by atoms with Crippen molar-refractivity contribution in [3.8, 4) is 0 Å². The number of hydrogen-bond donors (Lipinski definition) is 1. The van der Waals surface area contributed by atoms with Gasteiger partial charge in [0.05, 0.1) is 6.54 Å². The molecule has 4 heteroatoms. The molecule has 1 unspecified atom stereocenters. The van der Waals surface area contributed by atoms with Crippen molar-refractivity contribution in [1.29, 1.82) is 0 Å². The molecule has 0 aromatic carbocycles. The molecular formula is C9H17NO3. The monoisotopic (exact) mass is 187 g/mol. The van der Waals surface area contributed by atoms with Gasteiger partial charge in [-0.3, -0.25) is 4.79 Å². The molecule has 0 bridgehead atoms. The van der Waals surface area contributed by atoms with Crippen LogP contribution in [0.15, 0.2) is 5.18 Å². The number of nitrogens with zero attached hydrogens (tertiary/aromatic N) is 1. The normalized spacial score (nSPS) is 12.8. The summed E-state index contributed by atoms with van der Waals surface area (Å²) in [5.41, 5.74) is 0. The van der Waals surface area contributed by atoms with Gasteiger partial charge in [0.15, 0.2) is 0 Å². The van der Waals surface area contributed by atoms with Gasteiger partial charge in [-0.1, -0.05) is 19.0 Å². The molecule has 4 nitrogen and oxygen atoms in total. The summed E-state index contributed by atoms with van der Waals surface area (Å²) in [6.45, 7) is 4.32. The van der Waals surface area contributed by atoms with E-state index in [2.05, 4.69) is 5.18 Å². The van der Waals surface area contributed by atoms with Crippen LogP contribution in [-0.2, 0) is 4.79 Å². The quantitative estimate of drug-likeness (QED) is 0.622. The zero-order valence-corrected chi connectivity index (χ0v) is 8.19. The Morgan fingerprint density at radius 3 is 2.46 bits per heavy atom. The number of hydrogen-bond acceptors (Lipinski definition) is 3. The fraction of sp³-hybridized carbons (Fsp3) is 0.889. The summed E-state index contributed by atoms with van der Waals surface area (Å²) in [4.78, 5) is 20.3. The van der Waals surface area contributed by atoms with Crippen LogP contribution in [0.1, 0.15) is 33.1 Å². The van der Waals surface area contributed by atoms with Crippen LogP contribution in [0.2, 0.25) is 0 Å². The molecule has 0 fully saturated rings. The summed E-state index contributed by atoms with van der Waals surface area (Å²) in [6.07, 6.45) is 1.59. The van der Waals surface area contributed by atoms with E-state index in [4.69, 9.17) is 5.11 Å².